The molecule has 4 saturated heterocycles. The normalized spacial score (nSPS) is 21.3. The number of hydrogen-bond acceptors (Lipinski definition) is 11. The van der Waals surface area contributed by atoms with E-state index in [4.69, 9.17) is 10.00 Å². The second-order valence-electron chi connectivity index (χ2n) is 16.6. The molecular weight excluding hydrogens is 794 g/mol. The van der Waals surface area contributed by atoms with Crippen molar-refractivity contribution in [2.45, 2.75) is 76.2 Å². The number of nitriles is 1. The lowest BCUT2D eigenvalue weighted by Crippen LogP contribution is -2.54. The third kappa shape index (κ3) is 9.40. The van der Waals surface area contributed by atoms with Gasteiger partial charge in [0.2, 0.25) is 17.7 Å². The lowest BCUT2D eigenvalue weighted by Gasteiger charge is -2.37. The zero-order valence-corrected chi connectivity index (χ0v) is 33.6. The molecule has 61 heavy (non-hydrogen) atoms. The van der Waals surface area contributed by atoms with E-state index in [1.165, 1.54) is 12.1 Å². The smallest absolute Gasteiger partial charge is 0.417 e. The SMILES string of the molecule is N#Cc1ccc(N2CCC(C(=O)Nc3ccc(CN4CCC(CN5CCC(Oc6ccc7c(c6)C(=O)N(C6CCC(=O)NC6=O)C7=O)CC5)CC4)cn3)CC2)cc1C(F)(F)F. The van der Waals surface area contributed by atoms with Gasteiger partial charge >= 0.3 is 6.18 Å². The van der Waals surface area contributed by atoms with Gasteiger partial charge in [-0.1, -0.05) is 6.07 Å². The van der Waals surface area contributed by atoms with Crippen LogP contribution in [0.15, 0.2) is 54.7 Å². The first-order chi connectivity index (χ1) is 29.3. The number of hydrogen-bond donors (Lipinski definition) is 2. The summed E-state index contributed by atoms with van der Waals surface area (Å²) in [5, 5.41) is 14.2. The van der Waals surface area contributed by atoms with E-state index in [0.717, 1.165) is 81.5 Å². The zero-order valence-electron chi connectivity index (χ0n) is 33.6. The number of carbonyl (C=O) groups excluding carboxylic acids is 5. The second kappa shape index (κ2) is 17.6. The highest BCUT2D eigenvalue weighted by molar-refractivity contribution is 6.23. The first-order valence-corrected chi connectivity index (χ1v) is 20.9. The number of nitrogens with zero attached hydrogens (tertiary/aromatic N) is 6. The van der Waals surface area contributed by atoms with Crippen molar-refractivity contribution in [3.63, 3.8) is 0 Å². The van der Waals surface area contributed by atoms with Gasteiger partial charge in [-0.15, -0.1) is 0 Å². The summed E-state index contributed by atoms with van der Waals surface area (Å²) in [6.07, 6.45) is 2.12. The Morgan fingerprint density at radius 2 is 1.57 bits per heavy atom. The van der Waals surface area contributed by atoms with Crippen LogP contribution in [0.3, 0.4) is 0 Å². The number of likely N-dealkylation sites (tertiary alicyclic amines) is 2. The predicted molar refractivity (Wildman–Crippen MR) is 215 cm³/mol. The van der Waals surface area contributed by atoms with Crippen molar-refractivity contribution in [2.24, 2.45) is 11.8 Å². The average molecular weight is 841 g/mol. The van der Waals surface area contributed by atoms with Crippen LogP contribution in [0.2, 0.25) is 0 Å². The van der Waals surface area contributed by atoms with Crippen LogP contribution in [-0.2, 0) is 27.1 Å². The zero-order chi connectivity index (χ0) is 42.8. The molecule has 8 rings (SSSR count). The molecule has 5 amide bonds. The molecule has 2 aromatic carbocycles. The Morgan fingerprint density at radius 1 is 0.852 bits per heavy atom. The Balaban J connectivity index is 0.730. The molecule has 1 aromatic heterocycles. The van der Waals surface area contributed by atoms with Gasteiger partial charge in [0.05, 0.1) is 28.3 Å². The third-order valence-corrected chi connectivity index (χ3v) is 12.6. The highest BCUT2D eigenvalue weighted by Gasteiger charge is 2.45. The maximum absolute atomic E-state index is 13.5. The second-order valence-corrected chi connectivity index (χ2v) is 16.6. The molecule has 17 heteroatoms. The lowest BCUT2D eigenvalue weighted by atomic mass is 9.94. The van der Waals surface area contributed by atoms with Gasteiger partial charge in [0.15, 0.2) is 0 Å². The summed E-state index contributed by atoms with van der Waals surface area (Å²) in [5.74, 6) is -1.03. The van der Waals surface area contributed by atoms with E-state index in [9.17, 15) is 37.1 Å². The summed E-state index contributed by atoms with van der Waals surface area (Å²) >= 11 is 0. The Kier molecular flexibility index (Phi) is 12.1. The Bertz CT molecular complexity index is 2220. The van der Waals surface area contributed by atoms with Gasteiger partial charge in [0.1, 0.15) is 23.7 Å². The fraction of sp³-hybridized carbons (Fsp3) is 0.477. The molecule has 1 atom stereocenters. The summed E-state index contributed by atoms with van der Waals surface area (Å²) in [7, 11) is 0. The highest BCUT2D eigenvalue weighted by atomic mass is 19.4. The van der Waals surface area contributed by atoms with E-state index in [1.54, 1.807) is 36.5 Å². The first-order valence-electron chi connectivity index (χ1n) is 20.9. The van der Waals surface area contributed by atoms with Gasteiger partial charge < -0.3 is 19.9 Å². The van der Waals surface area contributed by atoms with Crippen molar-refractivity contribution in [2.75, 3.05) is 56.0 Å². The third-order valence-electron chi connectivity index (χ3n) is 12.6. The number of ether oxygens (including phenoxy) is 1. The molecular formula is C44H47F3N8O6. The van der Waals surface area contributed by atoms with E-state index in [1.807, 2.05) is 11.0 Å². The molecule has 2 N–H and O–H groups in total. The van der Waals surface area contributed by atoms with Crippen molar-refractivity contribution in [1.82, 2.24) is 25.0 Å². The summed E-state index contributed by atoms with van der Waals surface area (Å²) in [6.45, 7) is 6.37. The van der Waals surface area contributed by atoms with Crippen LogP contribution < -0.4 is 20.3 Å². The molecule has 4 fully saturated rings. The number of rotatable bonds is 10. The topological polar surface area (TPSA) is 168 Å². The number of fused-ring (bicyclic) bond motifs is 1. The Hall–Kier alpha value is -5.86. The number of anilines is 2. The number of alkyl halides is 3. The number of amides is 5. The van der Waals surface area contributed by atoms with Gasteiger partial charge in [-0.3, -0.25) is 39.1 Å². The standard InChI is InChI=1S/C44H47F3N8O6/c45-44(46,47)36-21-31(3-2-30(36)23-48)54-19-11-29(12-20-54)40(57)50-38-7-1-28(24-49-38)26-52-15-9-27(10-16-52)25-53-17-13-32(14-18-53)61-33-4-5-34-35(22-33)43(60)55(42(34)59)37-6-8-39(56)51-41(37)58/h1-5,7,21-22,24,27,29,32,37H,6,8-20,25-26H2,(H,49,50,57)(H,51,56,58). The minimum absolute atomic E-state index is 0.0246. The number of imide groups is 2. The van der Waals surface area contributed by atoms with Gasteiger partial charge in [-0.25, -0.2) is 4.98 Å². The van der Waals surface area contributed by atoms with Gasteiger partial charge in [-0.05, 0) is 112 Å². The Morgan fingerprint density at radius 3 is 2.25 bits per heavy atom. The lowest BCUT2D eigenvalue weighted by molar-refractivity contribution is -0.138. The van der Waals surface area contributed by atoms with Crippen LogP contribution in [0.1, 0.15) is 88.8 Å². The molecule has 0 saturated carbocycles. The highest BCUT2D eigenvalue weighted by Crippen LogP contribution is 2.36. The number of pyridine rings is 1. The van der Waals surface area contributed by atoms with Crippen molar-refractivity contribution in [3.8, 4) is 11.8 Å². The van der Waals surface area contributed by atoms with Gasteiger partial charge in [0, 0.05) is 63.5 Å². The number of halogens is 3. The number of piperidine rings is 4. The number of benzene rings is 2. The van der Waals surface area contributed by atoms with Crippen LogP contribution in [0, 0.1) is 23.2 Å². The number of aromatic nitrogens is 1. The van der Waals surface area contributed by atoms with Crippen LogP contribution in [0.5, 0.6) is 5.75 Å². The minimum Gasteiger partial charge on any atom is -0.490 e. The molecule has 0 bridgehead atoms. The van der Waals surface area contributed by atoms with E-state index >= 15 is 0 Å². The van der Waals surface area contributed by atoms with E-state index in [0.29, 0.717) is 49.1 Å². The molecule has 5 aliphatic rings. The maximum Gasteiger partial charge on any atom is 0.417 e. The molecule has 1 unspecified atom stereocenters. The predicted octanol–water partition coefficient (Wildman–Crippen LogP) is 4.98. The summed E-state index contributed by atoms with van der Waals surface area (Å²) < 4.78 is 46.7. The Labute approximate surface area is 351 Å². The van der Waals surface area contributed by atoms with E-state index in [2.05, 4.69) is 25.4 Å². The van der Waals surface area contributed by atoms with Crippen LogP contribution in [0.4, 0.5) is 24.7 Å². The quantitative estimate of drug-likeness (QED) is 0.264. The van der Waals surface area contributed by atoms with Crippen LogP contribution in [-0.4, -0.2) is 107 Å². The van der Waals surface area contributed by atoms with E-state index < -0.39 is 47.0 Å². The summed E-state index contributed by atoms with van der Waals surface area (Å²) in [6, 6.07) is 13.0. The van der Waals surface area contributed by atoms with Gasteiger partial charge in [0.25, 0.3) is 11.8 Å². The van der Waals surface area contributed by atoms with Crippen molar-refractivity contribution in [1.29, 1.82) is 5.26 Å². The summed E-state index contributed by atoms with van der Waals surface area (Å²) in [4.78, 5) is 75.5. The number of carbonyl (C=O) groups is 5. The van der Waals surface area contributed by atoms with Crippen LogP contribution in [0.25, 0.3) is 0 Å². The maximum atomic E-state index is 13.5. The molecule has 6 heterocycles. The van der Waals surface area contributed by atoms with E-state index in [-0.39, 0.29) is 41.9 Å². The molecule has 0 spiro atoms. The van der Waals surface area contributed by atoms with Gasteiger partial charge in [-0.2, -0.15) is 18.4 Å². The first kappa shape index (κ1) is 41.9. The fourth-order valence-electron chi connectivity index (χ4n) is 9.16. The van der Waals surface area contributed by atoms with Crippen LogP contribution >= 0.6 is 0 Å². The minimum atomic E-state index is -4.63. The molecule has 3 aromatic rings. The molecule has 0 aliphatic carbocycles. The van der Waals surface area contributed by atoms with Crippen molar-refractivity contribution < 1.29 is 41.9 Å². The molecule has 14 nitrogen and oxygen atoms in total. The largest absolute Gasteiger partial charge is 0.490 e. The van der Waals surface area contributed by atoms with Crippen molar-refractivity contribution in [3.05, 3.63) is 82.5 Å². The molecule has 5 aliphatic heterocycles. The average Bonchev–Trinajstić information content (AvgIpc) is 3.50. The molecule has 0 radical (unpaired) electrons. The fourth-order valence-corrected chi connectivity index (χ4v) is 9.16. The summed E-state index contributed by atoms with van der Waals surface area (Å²) in [5.41, 5.74) is 0.510. The van der Waals surface area contributed by atoms with Crippen molar-refractivity contribution >= 4 is 41.0 Å². The number of nitrogens with one attached hydrogen (secondary N) is 2. The molecule has 320 valence electrons. The monoisotopic (exact) mass is 840 g/mol.